The van der Waals surface area contributed by atoms with E-state index in [4.69, 9.17) is 4.74 Å². The summed E-state index contributed by atoms with van der Waals surface area (Å²) in [6.07, 6.45) is 3.24. The minimum absolute atomic E-state index is 0.0725. The van der Waals surface area contributed by atoms with Gasteiger partial charge in [-0.25, -0.2) is 0 Å². The molecule has 1 unspecified atom stereocenters. The van der Waals surface area contributed by atoms with Crippen LogP contribution in [0.1, 0.15) is 25.8 Å². The Morgan fingerprint density at radius 1 is 1.04 bits per heavy atom. The van der Waals surface area contributed by atoms with Crippen molar-refractivity contribution in [2.75, 3.05) is 19.0 Å². The van der Waals surface area contributed by atoms with Crippen LogP contribution < -0.4 is 9.64 Å². The van der Waals surface area contributed by atoms with E-state index in [-0.39, 0.29) is 5.41 Å². The molecule has 0 aromatic heterocycles. The number of ether oxygens (including phenoxy) is 1. The van der Waals surface area contributed by atoms with Crippen molar-refractivity contribution in [3.63, 3.8) is 0 Å². The average molecular weight is 369 g/mol. The van der Waals surface area contributed by atoms with Gasteiger partial charge in [0.25, 0.3) is 0 Å². The molecule has 0 N–H and O–H groups in total. The van der Waals surface area contributed by atoms with Crippen molar-refractivity contribution >= 4 is 27.9 Å². The summed E-state index contributed by atoms with van der Waals surface area (Å²) in [4.78, 5) is 2.13. The van der Waals surface area contributed by atoms with Crippen LogP contribution in [0.4, 0.5) is 11.4 Å². The molecule has 0 saturated heterocycles. The minimum Gasteiger partial charge on any atom is -0.438 e. The quantitative estimate of drug-likeness (QED) is 0.546. The second-order valence-corrected chi connectivity index (χ2v) is 7.92. The van der Waals surface area contributed by atoms with Crippen LogP contribution >= 0.6 is 0 Å². The lowest BCUT2D eigenvalue weighted by atomic mass is 9.75. The predicted molar refractivity (Wildman–Crippen MR) is 116 cm³/mol. The van der Waals surface area contributed by atoms with Gasteiger partial charge in [0.2, 0.25) is 11.6 Å². The standard InChI is InChI=1S/C25H25N2O/c1-5-25(2)22(16-23-27(4)19-12-8-9-13-21(19)28-23)26(3)20-15-14-17-10-6-7-11-18(17)24(20)25/h6-16H,5H2,1-4H3/q+1. The zero-order chi connectivity index (χ0) is 19.5. The third-order valence-corrected chi connectivity index (χ3v) is 6.49. The van der Waals surface area contributed by atoms with Gasteiger partial charge in [0, 0.05) is 18.7 Å². The average Bonchev–Trinajstić information content (AvgIpc) is 3.16. The van der Waals surface area contributed by atoms with Crippen LogP contribution in [0.5, 0.6) is 5.75 Å². The molecule has 2 heterocycles. The topological polar surface area (TPSA) is 15.5 Å². The first kappa shape index (κ1) is 17.1. The lowest BCUT2D eigenvalue weighted by Gasteiger charge is -2.22. The van der Waals surface area contributed by atoms with E-state index >= 15 is 0 Å². The summed E-state index contributed by atoms with van der Waals surface area (Å²) >= 11 is 0. The molecule has 3 aromatic carbocycles. The van der Waals surface area contributed by atoms with Crippen molar-refractivity contribution in [3.05, 3.63) is 78.2 Å². The van der Waals surface area contributed by atoms with E-state index in [0.717, 1.165) is 23.7 Å². The Kier molecular flexibility index (Phi) is 3.63. The molecule has 0 spiro atoms. The monoisotopic (exact) mass is 369 g/mol. The summed E-state index contributed by atoms with van der Waals surface area (Å²) in [6, 6.07) is 21.4. The van der Waals surface area contributed by atoms with Crippen molar-refractivity contribution in [3.8, 4) is 5.75 Å². The van der Waals surface area contributed by atoms with Crippen LogP contribution in [-0.4, -0.2) is 24.4 Å². The van der Waals surface area contributed by atoms with Crippen LogP contribution in [0.25, 0.3) is 10.8 Å². The Labute approximate surface area is 166 Å². The van der Waals surface area contributed by atoms with E-state index in [0.29, 0.717) is 0 Å². The molecule has 2 aliphatic rings. The van der Waals surface area contributed by atoms with Gasteiger partial charge in [-0.2, -0.15) is 4.58 Å². The molecule has 0 saturated carbocycles. The Morgan fingerprint density at radius 3 is 2.57 bits per heavy atom. The third kappa shape index (κ3) is 2.19. The molecule has 1 atom stereocenters. The molecule has 0 radical (unpaired) electrons. The number of anilines is 1. The number of benzene rings is 3. The highest BCUT2D eigenvalue weighted by atomic mass is 16.5. The normalized spacial score (nSPS) is 22.0. The van der Waals surface area contributed by atoms with Gasteiger partial charge in [0.1, 0.15) is 7.05 Å². The van der Waals surface area contributed by atoms with Crippen LogP contribution in [0, 0.1) is 0 Å². The molecule has 3 aromatic rings. The maximum atomic E-state index is 6.19. The highest BCUT2D eigenvalue weighted by Gasteiger charge is 2.47. The Hall–Kier alpha value is -3.07. The number of allylic oxidation sites excluding steroid dienone is 1. The molecular weight excluding hydrogens is 344 g/mol. The number of rotatable bonds is 2. The summed E-state index contributed by atoms with van der Waals surface area (Å²) in [6.45, 7) is 4.63. The summed E-state index contributed by atoms with van der Waals surface area (Å²) < 4.78 is 8.52. The molecule has 5 rings (SSSR count). The maximum Gasteiger partial charge on any atom is 0.210 e. The zero-order valence-electron chi connectivity index (χ0n) is 16.9. The Morgan fingerprint density at radius 2 is 1.79 bits per heavy atom. The molecule has 140 valence electrons. The first-order chi connectivity index (χ1) is 13.5. The molecule has 0 aliphatic carbocycles. The van der Waals surface area contributed by atoms with Gasteiger partial charge in [0.05, 0.1) is 17.2 Å². The number of para-hydroxylation sites is 2. The fraction of sp³-hybridized carbons (Fsp3) is 0.240. The van der Waals surface area contributed by atoms with Crippen molar-refractivity contribution < 1.29 is 9.31 Å². The lowest BCUT2D eigenvalue weighted by molar-refractivity contribution is -0.401. The highest BCUT2D eigenvalue weighted by molar-refractivity contribution is 6.08. The van der Waals surface area contributed by atoms with Crippen molar-refractivity contribution in [1.82, 2.24) is 0 Å². The first-order valence-corrected chi connectivity index (χ1v) is 9.90. The smallest absolute Gasteiger partial charge is 0.210 e. The van der Waals surface area contributed by atoms with Crippen molar-refractivity contribution in [2.45, 2.75) is 25.7 Å². The molecule has 28 heavy (non-hydrogen) atoms. The van der Waals surface area contributed by atoms with E-state index < -0.39 is 0 Å². The SMILES string of the molecule is CCC1(C)C(/C=C2\Oc3ccccc3N2C)=[N+](C)c2ccc3ccccc3c21. The molecular formula is C25H25N2O+. The molecule has 2 aliphatic heterocycles. The van der Waals surface area contributed by atoms with Gasteiger partial charge >= 0.3 is 0 Å². The summed E-state index contributed by atoms with van der Waals surface area (Å²) in [7, 11) is 4.24. The van der Waals surface area contributed by atoms with E-state index in [9.17, 15) is 0 Å². The van der Waals surface area contributed by atoms with E-state index in [1.807, 2.05) is 12.1 Å². The maximum absolute atomic E-state index is 6.19. The van der Waals surface area contributed by atoms with Gasteiger partial charge in [-0.05, 0) is 42.3 Å². The zero-order valence-corrected chi connectivity index (χ0v) is 16.9. The van der Waals surface area contributed by atoms with Gasteiger partial charge in [-0.15, -0.1) is 0 Å². The summed E-state index contributed by atoms with van der Waals surface area (Å²) in [5, 5.41) is 2.64. The molecule has 3 heteroatoms. The predicted octanol–water partition coefficient (Wildman–Crippen LogP) is 5.61. The minimum atomic E-state index is -0.0725. The fourth-order valence-corrected chi connectivity index (χ4v) is 4.73. The summed E-state index contributed by atoms with van der Waals surface area (Å²) in [5.74, 6) is 1.79. The van der Waals surface area contributed by atoms with Crippen LogP contribution in [0.2, 0.25) is 0 Å². The molecule has 0 fully saturated rings. The van der Waals surface area contributed by atoms with E-state index in [2.05, 4.69) is 92.0 Å². The Balaban J connectivity index is 1.69. The molecule has 0 bridgehead atoms. The van der Waals surface area contributed by atoms with Gasteiger partial charge in [-0.1, -0.05) is 43.3 Å². The van der Waals surface area contributed by atoms with E-state index in [1.165, 1.54) is 27.7 Å². The number of hydrogen-bond acceptors (Lipinski definition) is 2. The number of nitrogens with zero attached hydrogens (tertiary/aromatic N) is 2. The second kappa shape index (κ2) is 5.96. The van der Waals surface area contributed by atoms with Gasteiger partial charge < -0.3 is 9.64 Å². The fourth-order valence-electron chi connectivity index (χ4n) is 4.73. The van der Waals surface area contributed by atoms with Crippen LogP contribution in [0.15, 0.2) is 72.6 Å². The second-order valence-electron chi connectivity index (χ2n) is 7.92. The molecule has 3 nitrogen and oxygen atoms in total. The largest absolute Gasteiger partial charge is 0.438 e. The first-order valence-electron chi connectivity index (χ1n) is 9.90. The third-order valence-electron chi connectivity index (χ3n) is 6.49. The molecule has 0 amide bonds. The highest BCUT2D eigenvalue weighted by Crippen LogP contribution is 2.46. The van der Waals surface area contributed by atoms with Crippen LogP contribution in [0.3, 0.4) is 0 Å². The number of fused-ring (bicyclic) bond motifs is 4. The van der Waals surface area contributed by atoms with Gasteiger partial charge in [-0.3, -0.25) is 0 Å². The summed E-state index contributed by atoms with van der Waals surface area (Å²) in [5.41, 5.74) is 5.01. The van der Waals surface area contributed by atoms with E-state index in [1.54, 1.807) is 0 Å². The lowest BCUT2D eigenvalue weighted by Crippen LogP contribution is -2.31. The van der Waals surface area contributed by atoms with Crippen molar-refractivity contribution in [2.24, 2.45) is 0 Å². The van der Waals surface area contributed by atoms with Gasteiger partial charge in [0.15, 0.2) is 11.5 Å². The Bertz CT molecular complexity index is 1170. The van der Waals surface area contributed by atoms with Crippen LogP contribution in [-0.2, 0) is 5.41 Å². The van der Waals surface area contributed by atoms with Crippen molar-refractivity contribution in [1.29, 1.82) is 0 Å². The number of hydrogen-bond donors (Lipinski definition) is 0.